The highest BCUT2D eigenvalue weighted by atomic mass is 35.5. The van der Waals surface area contributed by atoms with E-state index in [-0.39, 0.29) is 44.9 Å². The zero-order valence-electron chi connectivity index (χ0n) is 61.6. The van der Waals surface area contributed by atoms with Crippen LogP contribution in [0.2, 0.25) is 25.5 Å². The number of ether oxygens (including phenoxy) is 3. The number of hydrogen-bond donors (Lipinski definition) is 0. The van der Waals surface area contributed by atoms with Crippen molar-refractivity contribution >= 4 is 111 Å². The van der Waals surface area contributed by atoms with Gasteiger partial charge in [0.1, 0.15) is 32.7 Å². The second-order valence-corrected chi connectivity index (χ2v) is 30.9. The van der Waals surface area contributed by atoms with Crippen molar-refractivity contribution in [2.45, 2.75) is 74.2 Å². The Kier molecular flexibility index (Phi) is 24.9. The molecule has 6 aromatic carbocycles. The van der Waals surface area contributed by atoms with Crippen LogP contribution in [-0.4, -0.2) is 146 Å². The molecule has 0 radical (unpaired) electrons. The van der Waals surface area contributed by atoms with E-state index in [1.54, 1.807) is 75.1 Å². The fraction of sp³-hybridized carbons (Fsp3) is 0.302. The third-order valence-electron chi connectivity index (χ3n) is 21.9. The molecule has 0 bridgehead atoms. The Bertz CT molecular complexity index is 5010. The maximum absolute atomic E-state index is 13.5. The normalized spacial score (nSPS) is 17.2. The molecule has 0 saturated carbocycles. The van der Waals surface area contributed by atoms with Crippen LogP contribution < -0.4 is 28.9 Å². The van der Waals surface area contributed by atoms with Crippen molar-refractivity contribution in [2.75, 3.05) is 107 Å². The number of benzene rings is 6. The van der Waals surface area contributed by atoms with Crippen molar-refractivity contribution in [3.8, 4) is 17.2 Å². The van der Waals surface area contributed by atoms with Gasteiger partial charge in [0.15, 0.2) is 0 Å². The fourth-order valence-corrected chi connectivity index (χ4v) is 16.7. The Morgan fingerprint density at radius 3 is 1.12 bits per heavy atom. The topological polar surface area (TPSA) is 137 Å². The molecule has 0 N–H and O–H groups in total. The standard InChI is InChI=1S/2C29H27ClF3N3O2.C28H26Cl3N3O2/c1-20-4-9-25-24(17-20)28(19-36(25)27(37)22-10-13-34-26(30)18-22)11-15-35(16-12-28)14-2-3-21-5-7-23(8-6-21)38-29(31,32)33;1-38-23-8-9-25-24(18-23)28(19-36(25)27(37)21-10-13-34-26(30)17-21)11-15-35(16-12-28)14-2-3-20-4-6-22(7-5-20)29(31,32)33;1-36-21-5-7-25-22(17-21)28(18-34(25)27(35)20-8-11-32-26(31)16-20)9-13-33(14-10-28)12-2-3-19-4-6-23(29)24(30)15-19/h2*2-10,13,17-18H,11-12,14-16,19H2,1H3;2-8,11,15-17H,9-10,12-14,18H2,1H3/b3*3-2+. The number of aromatic nitrogens is 3. The molecule has 9 heterocycles. The summed E-state index contributed by atoms with van der Waals surface area (Å²) in [5, 5.41) is 2.00. The van der Waals surface area contributed by atoms with Gasteiger partial charge in [-0.1, -0.05) is 142 Å². The van der Waals surface area contributed by atoms with E-state index in [0.717, 1.165) is 154 Å². The maximum atomic E-state index is 13.5. The van der Waals surface area contributed by atoms with Gasteiger partial charge in [-0.2, -0.15) is 13.2 Å². The van der Waals surface area contributed by atoms with Crippen LogP contribution in [0.3, 0.4) is 0 Å². The Morgan fingerprint density at radius 2 is 0.768 bits per heavy atom. The summed E-state index contributed by atoms with van der Waals surface area (Å²) in [7, 11) is 3.31. The molecule has 3 aromatic heterocycles. The number of piperidine rings is 3. The molecule has 3 fully saturated rings. The molecule has 0 aliphatic carbocycles. The van der Waals surface area contributed by atoms with Gasteiger partial charge >= 0.3 is 12.5 Å². The van der Waals surface area contributed by atoms with Gasteiger partial charge in [-0.25, -0.2) is 15.0 Å². The molecule has 0 unspecified atom stereocenters. The number of hydrogen-bond acceptors (Lipinski definition) is 12. The van der Waals surface area contributed by atoms with Gasteiger partial charge < -0.3 is 28.9 Å². The number of rotatable bonds is 15. The van der Waals surface area contributed by atoms with Gasteiger partial charge in [0.25, 0.3) is 17.7 Å². The van der Waals surface area contributed by atoms with Gasteiger partial charge in [0.2, 0.25) is 0 Å². The van der Waals surface area contributed by atoms with Crippen LogP contribution >= 0.6 is 58.0 Å². The quantitative estimate of drug-likeness (QED) is 0.0713. The number of pyridine rings is 3. The van der Waals surface area contributed by atoms with Crippen molar-refractivity contribution in [3.63, 3.8) is 0 Å². The summed E-state index contributed by atoms with van der Waals surface area (Å²) in [6.45, 7) is 11.5. The molecule has 582 valence electrons. The van der Waals surface area contributed by atoms with Crippen LogP contribution in [-0.2, 0) is 22.4 Å². The first kappa shape index (κ1) is 80.7. The number of alkyl halides is 6. The van der Waals surface area contributed by atoms with E-state index >= 15 is 0 Å². The number of methoxy groups -OCH3 is 2. The highest BCUT2D eigenvalue weighted by Gasteiger charge is 2.50. The van der Waals surface area contributed by atoms with Crippen LogP contribution in [0.25, 0.3) is 18.2 Å². The Hall–Kier alpha value is -9.29. The highest BCUT2D eigenvalue weighted by molar-refractivity contribution is 6.42. The third-order valence-corrected chi connectivity index (χ3v) is 23.3. The minimum Gasteiger partial charge on any atom is -0.497 e. The number of fused-ring (bicyclic) bond motifs is 6. The summed E-state index contributed by atoms with van der Waals surface area (Å²) in [6, 6.07) is 44.7. The average molecular weight is 1630 g/mol. The van der Waals surface area contributed by atoms with Crippen LogP contribution in [0.15, 0.2) is 195 Å². The van der Waals surface area contributed by atoms with Crippen LogP contribution in [0, 0.1) is 6.92 Å². The Balaban J connectivity index is 0.000000147. The molecule has 9 aromatic rings. The lowest BCUT2D eigenvalue weighted by Crippen LogP contribution is -2.46. The summed E-state index contributed by atoms with van der Waals surface area (Å²) in [4.78, 5) is 65.1. The second-order valence-electron chi connectivity index (χ2n) is 28.9. The Morgan fingerprint density at radius 1 is 0.420 bits per heavy atom. The number of nitrogens with zero attached hydrogens (tertiary/aromatic N) is 9. The number of carbonyl (C=O) groups excluding carboxylic acids is 3. The molecule has 3 saturated heterocycles. The SMILES string of the molecule is COc1ccc2c(c1)C1(CCN(C/C=C/c3ccc(C(F)(F)F)cc3)CC1)CN2C(=O)c1ccnc(Cl)c1.COc1ccc2c(c1)C1(CCN(C/C=C/c3ccc(Cl)c(Cl)c3)CC1)CN2C(=O)c1ccnc(Cl)c1.Cc1ccc2c(c1)C1(CCN(C/C=C/c3ccc(OC(F)(F)F)cc3)CC1)CN2C(=O)c1ccnc(Cl)c1. The molecule has 3 spiro atoms. The van der Waals surface area contributed by atoms with Crippen LogP contribution in [0.1, 0.15) is 114 Å². The fourth-order valence-electron chi connectivity index (χ4n) is 15.9. The summed E-state index contributed by atoms with van der Waals surface area (Å²) in [5.74, 6) is 1.08. The third kappa shape index (κ3) is 18.8. The van der Waals surface area contributed by atoms with E-state index in [0.29, 0.717) is 63.2 Å². The lowest BCUT2D eigenvalue weighted by atomic mass is 9.74. The second kappa shape index (κ2) is 34.6. The summed E-state index contributed by atoms with van der Waals surface area (Å²) in [6.07, 6.45) is 13.1. The number of aryl methyl sites for hydroxylation is 1. The first-order chi connectivity index (χ1) is 53.7. The number of carbonyl (C=O) groups is 3. The summed E-state index contributed by atoms with van der Waals surface area (Å²) in [5.41, 5.74) is 10.5. The molecular weight excluding hydrogens is 1550 g/mol. The van der Waals surface area contributed by atoms with Gasteiger partial charge in [-0.05, 0) is 233 Å². The van der Waals surface area contributed by atoms with Gasteiger partial charge in [0, 0.05) is 108 Å². The first-order valence-electron chi connectivity index (χ1n) is 36.6. The highest BCUT2D eigenvalue weighted by Crippen LogP contribution is 2.52. The molecule has 15 rings (SSSR count). The van der Waals surface area contributed by atoms with Crippen molar-refractivity contribution in [2.24, 2.45) is 0 Å². The van der Waals surface area contributed by atoms with Crippen molar-refractivity contribution in [1.29, 1.82) is 0 Å². The smallest absolute Gasteiger partial charge is 0.497 e. The van der Waals surface area contributed by atoms with Crippen molar-refractivity contribution in [3.05, 3.63) is 281 Å². The number of likely N-dealkylation sites (tertiary alicyclic amines) is 3. The molecule has 0 atom stereocenters. The van der Waals surface area contributed by atoms with E-state index in [1.165, 1.54) is 47.2 Å². The van der Waals surface area contributed by atoms with E-state index in [2.05, 4.69) is 65.6 Å². The Labute approximate surface area is 671 Å². The zero-order valence-corrected chi connectivity index (χ0v) is 65.3. The lowest BCUT2D eigenvalue weighted by Gasteiger charge is -2.39. The molecule has 26 heteroatoms. The van der Waals surface area contributed by atoms with Gasteiger partial charge in [-0.3, -0.25) is 29.1 Å². The van der Waals surface area contributed by atoms with Crippen LogP contribution in [0.5, 0.6) is 17.2 Å². The number of anilines is 3. The minimum atomic E-state index is -4.70. The molecule has 15 nitrogen and oxygen atoms in total. The average Bonchev–Trinajstić information content (AvgIpc) is 1.60. The largest absolute Gasteiger partial charge is 0.573 e. The maximum Gasteiger partial charge on any atom is 0.573 e. The zero-order chi connectivity index (χ0) is 79.1. The molecule has 3 amide bonds. The van der Waals surface area contributed by atoms with E-state index in [1.807, 2.05) is 99.7 Å². The molecule has 6 aliphatic rings. The molecular formula is C86H80Cl5F6N9O6. The summed E-state index contributed by atoms with van der Waals surface area (Å²) >= 11 is 30.3. The van der Waals surface area contributed by atoms with Crippen molar-refractivity contribution in [1.82, 2.24) is 29.7 Å². The monoisotopic (exact) mass is 1620 g/mol. The number of amides is 3. The lowest BCUT2D eigenvalue weighted by molar-refractivity contribution is -0.274. The minimum absolute atomic E-state index is 0.0606. The van der Waals surface area contributed by atoms with Gasteiger partial charge in [0.05, 0.1) is 29.8 Å². The molecule has 112 heavy (non-hydrogen) atoms. The summed E-state index contributed by atoms with van der Waals surface area (Å²) < 4.78 is 90.4. The predicted octanol–water partition coefficient (Wildman–Crippen LogP) is 19.9. The molecule has 6 aliphatic heterocycles. The van der Waals surface area contributed by atoms with Crippen LogP contribution in [0.4, 0.5) is 43.4 Å². The van der Waals surface area contributed by atoms with E-state index < -0.39 is 18.1 Å². The van der Waals surface area contributed by atoms with Gasteiger partial charge in [-0.15, -0.1) is 13.2 Å². The number of halogens is 11. The van der Waals surface area contributed by atoms with E-state index in [4.69, 9.17) is 67.5 Å². The first-order valence-corrected chi connectivity index (χ1v) is 38.5. The van der Waals surface area contributed by atoms with Crippen molar-refractivity contribution < 1.29 is 54.9 Å². The predicted molar refractivity (Wildman–Crippen MR) is 430 cm³/mol. The van der Waals surface area contributed by atoms with E-state index in [9.17, 15) is 40.7 Å².